The number of aromatic hydroxyl groups is 1. The molecule has 0 saturated heterocycles. The Morgan fingerprint density at radius 1 is 1.24 bits per heavy atom. The summed E-state index contributed by atoms with van der Waals surface area (Å²) in [6.07, 6.45) is 1.21. The van der Waals surface area contributed by atoms with Crippen LogP contribution in [0.3, 0.4) is 0 Å². The highest BCUT2D eigenvalue weighted by atomic mass is 16.5. The minimum absolute atomic E-state index is 0.252. The first kappa shape index (κ1) is 14.0. The molecular weight excluding hydrogens is 214 g/mol. The van der Waals surface area contributed by atoms with Crippen molar-refractivity contribution in [2.75, 3.05) is 13.2 Å². The lowest BCUT2D eigenvalue weighted by molar-refractivity contribution is 0.0743. The van der Waals surface area contributed by atoms with Gasteiger partial charge in [0.25, 0.3) is 0 Å². The lowest BCUT2D eigenvalue weighted by Crippen LogP contribution is -2.35. The summed E-state index contributed by atoms with van der Waals surface area (Å²) in [6, 6.07) is 7.77. The lowest BCUT2D eigenvalue weighted by atomic mass is 10.1. The first-order chi connectivity index (χ1) is 8.11. The van der Waals surface area contributed by atoms with Crippen molar-refractivity contribution in [3.63, 3.8) is 0 Å². The summed E-state index contributed by atoms with van der Waals surface area (Å²) < 4.78 is 5.46. The maximum atomic E-state index is 9.19. The van der Waals surface area contributed by atoms with Crippen LogP contribution in [0.25, 0.3) is 0 Å². The second-order valence-corrected chi connectivity index (χ2v) is 4.45. The van der Waals surface area contributed by atoms with Crippen LogP contribution in [0.4, 0.5) is 0 Å². The fraction of sp³-hybridized carbons (Fsp3) is 0.571. The average molecular weight is 237 g/mol. The molecule has 0 aliphatic rings. The molecular formula is C14H23NO2. The van der Waals surface area contributed by atoms with E-state index in [0.717, 1.165) is 19.6 Å². The van der Waals surface area contributed by atoms with Gasteiger partial charge < -0.3 is 15.2 Å². The molecule has 0 heterocycles. The first-order valence-electron chi connectivity index (χ1n) is 6.24. The molecule has 0 aliphatic carbocycles. The van der Waals surface area contributed by atoms with Crippen LogP contribution in [-0.4, -0.2) is 30.4 Å². The van der Waals surface area contributed by atoms with Crippen LogP contribution in [0.5, 0.6) is 5.75 Å². The molecule has 0 aromatic heterocycles. The summed E-state index contributed by atoms with van der Waals surface area (Å²) in [6.45, 7) is 7.87. The molecule has 0 aliphatic heterocycles. The number of hydrogen-bond acceptors (Lipinski definition) is 3. The van der Waals surface area contributed by atoms with Gasteiger partial charge in [-0.05, 0) is 44.9 Å². The Kier molecular flexibility index (Phi) is 6.01. The van der Waals surface area contributed by atoms with E-state index in [-0.39, 0.29) is 6.10 Å². The highest BCUT2D eigenvalue weighted by Crippen LogP contribution is 2.11. The minimum Gasteiger partial charge on any atom is -0.508 e. The van der Waals surface area contributed by atoms with E-state index in [0.29, 0.717) is 11.8 Å². The van der Waals surface area contributed by atoms with Crippen molar-refractivity contribution < 1.29 is 9.84 Å². The molecule has 0 amide bonds. The molecule has 0 saturated carbocycles. The van der Waals surface area contributed by atoms with Crippen LogP contribution in [0.1, 0.15) is 26.3 Å². The van der Waals surface area contributed by atoms with Crippen molar-refractivity contribution in [1.82, 2.24) is 5.32 Å². The highest BCUT2D eigenvalue weighted by Gasteiger charge is 2.06. The fourth-order valence-electron chi connectivity index (χ4n) is 1.77. The van der Waals surface area contributed by atoms with Gasteiger partial charge in [-0.25, -0.2) is 0 Å². The molecule has 0 fully saturated rings. The molecule has 0 radical (unpaired) electrons. The minimum atomic E-state index is 0.252. The zero-order valence-electron chi connectivity index (χ0n) is 10.9. The summed E-state index contributed by atoms with van der Waals surface area (Å²) in [5, 5.41) is 12.6. The first-order valence-corrected chi connectivity index (χ1v) is 6.24. The number of nitrogens with one attached hydrogen (secondary N) is 1. The van der Waals surface area contributed by atoms with Crippen molar-refractivity contribution >= 4 is 0 Å². The van der Waals surface area contributed by atoms with Crippen molar-refractivity contribution in [2.24, 2.45) is 0 Å². The van der Waals surface area contributed by atoms with Crippen LogP contribution in [0, 0.1) is 0 Å². The number of ether oxygens (including phenoxy) is 1. The van der Waals surface area contributed by atoms with E-state index in [1.54, 1.807) is 12.1 Å². The Balaban J connectivity index is 2.29. The van der Waals surface area contributed by atoms with Gasteiger partial charge in [0.2, 0.25) is 0 Å². The third-order valence-electron chi connectivity index (χ3n) is 2.68. The maximum absolute atomic E-state index is 9.19. The third-order valence-corrected chi connectivity index (χ3v) is 2.68. The van der Waals surface area contributed by atoms with E-state index in [9.17, 15) is 5.11 Å². The summed E-state index contributed by atoms with van der Waals surface area (Å²) in [7, 11) is 0. The lowest BCUT2D eigenvalue weighted by Gasteiger charge is -2.17. The molecule has 1 rings (SSSR count). The quantitative estimate of drug-likeness (QED) is 0.765. The average Bonchev–Trinajstić information content (AvgIpc) is 2.30. The van der Waals surface area contributed by atoms with E-state index < -0.39 is 0 Å². The molecule has 0 spiro atoms. The molecule has 96 valence electrons. The van der Waals surface area contributed by atoms with E-state index in [1.165, 1.54) is 5.56 Å². The van der Waals surface area contributed by atoms with Gasteiger partial charge in [0.05, 0.1) is 6.10 Å². The van der Waals surface area contributed by atoms with E-state index >= 15 is 0 Å². The molecule has 17 heavy (non-hydrogen) atoms. The van der Waals surface area contributed by atoms with E-state index in [1.807, 2.05) is 19.1 Å². The van der Waals surface area contributed by atoms with Gasteiger partial charge in [0, 0.05) is 19.2 Å². The van der Waals surface area contributed by atoms with Crippen molar-refractivity contribution in [3.8, 4) is 5.75 Å². The van der Waals surface area contributed by atoms with Crippen molar-refractivity contribution in [2.45, 2.75) is 39.3 Å². The summed E-state index contributed by atoms with van der Waals surface area (Å²) in [5.41, 5.74) is 1.23. The smallest absolute Gasteiger partial charge is 0.115 e. The topological polar surface area (TPSA) is 41.5 Å². The summed E-state index contributed by atoms with van der Waals surface area (Å²) >= 11 is 0. The number of benzene rings is 1. The van der Waals surface area contributed by atoms with Gasteiger partial charge in [0.15, 0.2) is 0 Å². The van der Waals surface area contributed by atoms with Crippen molar-refractivity contribution in [1.29, 1.82) is 0 Å². The zero-order chi connectivity index (χ0) is 12.7. The van der Waals surface area contributed by atoms with Crippen LogP contribution < -0.4 is 5.32 Å². The normalized spacial score (nSPS) is 14.5. The van der Waals surface area contributed by atoms with E-state index in [4.69, 9.17) is 4.74 Å². The second-order valence-electron chi connectivity index (χ2n) is 4.45. The predicted molar refractivity (Wildman–Crippen MR) is 70.4 cm³/mol. The number of hydrogen-bond donors (Lipinski definition) is 2. The Hall–Kier alpha value is -1.06. The molecule has 2 N–H and O–H groups in total. The number of phenolic OH excluding ortho intramolecular Hbond substituents is 1. The molecule has 2 atom stereocenters. The van der Waals surface area contributed by atoms with Crippen molar-refractivity contribution in [3.05, 3.63) is 29.8 Å². The molecule has 2 unspecified atom stereocenters. The second kappa shape index (κ2) is 7.30. The molecule has 3 heteroatoms. The van der Waals surface area contributed by atoms with Crippen LogP contribution in [0.15, 0.2) is 24.3 Å². The fourth-order valence-corrected chi connectivity index (χ4v) is 1.77. The third kappa shape index (κ3) is 5.71. The standard InChI is InChI=1S/C14H23NO2/c1-4-17-12(3)10-15-11(2)9-13-5-7-14(16)8-6-13/h5-8,11-12,15-16H,4,9-10H2,1-3H3. The molecule has 1 aromatic rings. The van der Waals surface area contributed by atoms with Gasteiger partial charge in [-0.1, -0.05) is 12.1 Å². The Bertz CT molecular complexity index is 311. The Morgan fingerprint density at radius 2 is 1.88 bits per heavy atom. The van der Waals surface area contributed by atoms with Gasteiger partial charge in [-0.15, -0.1) is 0 Å². The van der Waals surface area contributed by atoms with E-state index in [2.05, 4.69) is 19.2 Å². The summed E-state index contributed by atoms with van der Waals surface area (Å²) in [5.74, 6) is 0.319. The number of rotatable bonds is 7. The SMILES string of the molecule is CCOC(C)CNC(C)Cc1ccc(O)cc1. The largest absolute Gasteiger partial charge is 0.508 e. The molecule has 1 aromatic carbocycles. The monoisotopic (exact) mass is 237 g/mol. The number of phenols is 1. The van der Waals surface area contributed by atoms with Gasteiger partial charge in [-0.2, -0.15) is 0 Å². The van der Waals surface area contributed by atoms with Crippen LogP contribution in [-0.2, 0) is 11.2 Å². The predicted octanol–water partition coefficient (Wildman–Crippen LogP) is 2.34. The molecule has 3 nitrogen and oxygen atoms in total. The van der Waals surface area contributed by atoms with Gasteiger partial charge in [-0.3, -0.25) is 0 Å². The van der Waals surface area contributed by atoms with Crippen LogP contribution >= 0.6 is 0 Å². The molecule has 0 bridgehead atoms. The Morgan fingerprint density at radius 3 is 2.47 bits per heavy atom. The highest BCUT2D eigenvalue weighted by molar-refractivity contribution is 5.26. The van der Waals surface area contributed by atoms with Gasteiger partial charge in [0.1, 0.15) is 5.75 Å². The van der Waals surface area contributed by atoms with Crippen LogP contribution in [0.2, 0.25) is 0 Å². The Labute approximate surface area is 104 Å². The maximum Gasteiger partial charge on any atom is 0.115 e. The summed E-state index contributed by atoms with van der Waals surface area (Å²) in [4.78, 5) is 0. The zero-order valence-corrected chi connectivity index (χ0v) is 10.9. The van der Waals surface area contributed by atoms with Gasteiger partial charge >= 0.3 is 0 Å².